The van der Waals surface area contributed by atoms with Crippen molar-refractivity contribution < 1.29 is 37.0 Å². The van der Waals surface area contributed by atoms with Gasteiger partial charge in [-0.2, -0.15) is 23.1 Å². The van der Waals surface area contributed by atoms with Crippen molar-refractivity contribution in [3.05, 3.63) is 83.3 Å². The highest BCUT2D eigenvalue weighted by Crippen LogP contribution is 2.47. The monoisotopic (exact) mass is 561 g/mol. The Labute approximate surface area is 223 Å². The normalized spacial score (nSPS) is 21.1. The summed E-state index contributed by atoms with van der Waals surface area (Å²) in [5.74, 6) is -4.50. The molecule has 10 nitrogen and oxygen atoms in total. The van der Waals surface area contributed by atoms with Gasteiger partial charge in [0, 0.05) is 0 Å². The number of carbonyl (C=O) groups is 2. The van der Waals surface area contributed by atoms with E-state index in [-0.39, 0.29) is 33.4 Å². The predicted octanol–water partition coefficient (Wildman–Crippen LogP) is 4.22. The average Bonchev–Trinajstić information content (AvgIpc) is 3.49. The molecule has 0 spiro atoms. The lowest BCUT2D eigenvalue weighted by atomic mass is 9.98. The molecule has 1 aliphatic heterocycles. The maximum absolute atomic E-state index is 14.6. The summed E-state index contributed by atoms with van der Waals surface area (Å²) in [5, 5.41) is -0.168. The van der Waals surface area contributed by atoms with Crippen LogP contribution in [-0.4, -0.2) is 56.4 Å². The molecule has 0 aliphatic carbocycles. The van der Waals surface area contributed by atoms with Gasteiger partial charge in [-0.1, -0.05) is 48.0 Å². The SMILES string of the molecule is Nc1nc(Cl)c2ncn([C@H]3O[C@H](COC(=O)c4ccccc4)[C@@H](OC(=O)c4ccccc4)[C@H]3C(F)(F)F)c2n1. The molecule has 0 radical (unpaired) electrons. The molecule has 4 atom stereocenters. The van der Waals surface area contributed by atoms with Crippen molar-refractivity contribution >= 4 is 40.7 Å². The van der Waals surface area contributed by atoms with Crippen LogP contribution in [0.1, 0.15) is 26.9 Å². The van der Waals surface area contributed by atoms with Crippen LogP contribution >= 0.6 is 11.6 Å². The third kappa shape index (κ3) is 5.36. The molecule has 0 saturated carbocycles. The first-order chi connectivity index (χ1) is 18.6. The van der Waals surface area contributed by atoms with Crippen molar-refractivity contribution in [1.29, 1.82) is 0 Å². The lowest BCUT2D eigenvalue weighted by Gasteiger charge is -2.26. The number of ether oxygens (including phenoxy) is 3. The van der Waals surface area contributed by atoms with Gasteiger partial charge in [-0.25, -0.2) is 14.6 Å². The van der Waals surface area contributed by atoms with Crippen LogP contribution in [0.3, 0.4) is 0 Å². The smallest absolute Gasteiger partial charge is 0.399 e. The van der Waals surface area contributed by atoms with Crippen LogP contribution in [0.25, 0.3) is 11.2 Å². The Morgan fingerprint density at radius 1 is 1.00 bits per heavy atom. The number of esters is 2. The van der Waals surface area contributed by atoms with Gasteiger partial charge in [0.05, 0.1) is 17.5 Å². The highest BCUT2D eigenvalue weighted by Gasteiger charge is 2.61. The van der Waals surface area contributed by atoms with Crippen LogP contribution in [-0.2, 0) is 14.2 Å². The molecular weight excluding hydrogens is 543 g/mol. The van der Waals surface area contributed by atoms with Gasteiger partial charge in [0.2, 0.25) is 5.95 Å². The molecule has 202 valence electrons. The highest BCUT2D eigenvalue weighted by molar-refractivity contribution is 6.33. The summed E-state index contributed by atoms with van der Waals surface area (Å²) in [6.07, 6.45) is -9.13. The van der Waals surface area contributed by atoms with Gasteiger partial charge in [-0.05, 0) is 24.3 Å². The van der Waals surface area contributed by atoms with E-state index in [1.807, 2.05) is 0 Å². The summed E-state index contributed by atoms with van der Waals surface area (Å²) in [5.41, 5.74) is 5.74. The van der Waals surface area contributed by atoms with Crippen molar-refractivity contribution in [2.45, 2.75) is 24.6 Å². The quantitative estimate of drug-likeness (QED) is 0.271. The Hall–Kier alpha value is -4.23. The van der Waals surface area contributed by atoms with Crippen LogP contribution < -0.4 is 5.73 Å². The fraction of sp³-hybridized carbons (Fsp3) is 0.240. The molecule has 0 amide bonds. The van der Waals surface area contributed by atoms with Gasteiger partial charge in [-0.15, -0.1) is 0 Å². The van der Waals surface area contributed by atoms with E-state index in [4.69, 9.17) is 31.5 Å². The summed E-state index contributed by atoms with van der Waals surface area (Å²) in [7, 11) is 0. The van der Waals surface area contributed by atoms with E-state index in [9.17, 15) is 22.8 Å². The minimum Gasteiger partial charge on any atom is -0.459 e. The van der Waals surface area contributed by atoms with Gasteiger partial charge >= 0.3 is 18.1 Å². The molecule has 1 fully saturated rings. The number of hydrogen-bond donors (Lipinski definition) is 1. The second-order valence-electron chi connectivity index (χ2n) is 8.53. The van der Waals surface area contributed by atoms with Gasteiger partial charge in [0.15, 0.2) is 17.0 Å². The minimum absolute atomic E-state index is 0.00724. The Morgan fingerprint density at radius 2 is 1.62 bits per heavy atom. The van der Waals surface area contributed by atoms with Crippen LogP contribution in [0.2, 0.25) is 5.15 Å². The molecule has 2 aromatic carbocycles. The van der Waals surface area contributed by atoms with Gasteiger partial charge in [0.25, 0.3) is 0 Å². The number of rotatable bonds is 6. The van der Waals surface area contributed by atoms with E-state index in [0.29, 0.717) is 0 Å². The largest absolute Gasteiger partial charge is 0.459 e. The van der Waals surface area contributed by atoms with Crippen molar-refractivity contribution in [2.75, 3.05) is 12.3 Å². The van der Waals surface area contributed by atoms with Crippen molar-refractivity contribution in [3.63, 3.8) is 0 Å². The number of alkyl halides is 3. The molecule has 0 unspecified atom stereocenters. The van der Waals surface area contributed by atoms with Gasteiger partial charge in [0.1, 0.15) is 30.2 Å². The molecule has 1 aliphatic rings. The Morgan fingerprint density at radius 3 is 2.23 bits per heavy atom. The Balaban J connectivity index is 1.52. The zero-order valence-corrected chi connectivity index (χ0v) is 20.5. The molecule has 2 aromatic heterocycles. The number of nitrogens with zero attached hydrogens (tertiary/aromatic N) is 4. The summed E-state index contributed by atoms with van der Waals surface area (Å²) in [4.78, 5) is 37.1. The topological polar surface area (TPSA) is 131 Å². The van der Waals surface area contributed by atoms with E-state index in [2.05, 4.69) is 15.0 Å². The molecule has 2 N–H and O–H groups in total. The summed E-state index contributed by atoms with van der Waals surface area (Å²) in [6.45, 7) is -0.645. The molecule has 1 saturated heterocycles. The van der Waals surface area contributed by atoms with E-state index >= 15 is 0 Å². The molecule has 4 aromatic rings. The van der Waals surface area contributed by atoms with Crippen LogP contribution in [0.15, 0.2) is 67.0 Å². The first kappa shape index (κ1) is 26.4. The fourth-order valence-corrected chi connectivity index (χ4v) is 4.49. The average molecular weight is 562 g/mol. The van der Waals surface area contributed by atoms with Crippen molar-refractivity contribution in [2.24, 2.45) is 5.92 Å². The van der Waals surface area contributed by atoms with E-state index in [1.54, 1.807) is 24.3 Å². The summed E-state index contributed by atoms with van der Waals surface area (Å²) in [6, 6.07) is 15.4. The zero-order chi connectivity index (χ0) is 27.7. The lowest BCUT2D eigenvalue weighted by Crippen LogP contribution is -2.42. The number of carbonyl (C=O) groups excluding carboxylic acids is 2. The maximum atomic E-state index is 14.6. The van der Waals surface area contributed by atoms with Gasteiger partial charge in [-0.3, -0.25) is 4.57 Å². The summed E-state index contributed by atoms with van der Waals surface area (Å²) >= 11 is 6.05. The van der Waals surface area contributed by atoms with E-state index in [0.717, 1.165) is 10.9 Å². The van der Waals surface area contributed by atoms with E-state index in [1.165, 1.54) is 36.4 Å². The van der Waals surface area contributed by atoms with Crippen molar-refractivity contribution in [3.8, 4) is 0 Å². The number of anilines is 1. The number of nitrogen functional groups attached to an aromatic ring is 1. The number of benzene rings is 2. The first-order valence-electron chi connectivity index (χ1n) is 11.5. The lowest BCUT2D eigenvalue weighted by molar-refractivity contribution is -0.210. The predicted molar refractivity (Wildman–Crippen MR) is 131 cm³/mol. The fourth-order valence-electron chi connectivity index (χ4n) is 4.27. The molecule has 0 bridgehead atoms. The first-order valence-corrected chi connectivity index (χ1v) is 11.9. The maximum Gasteiger partial charge on any atom is 0.399 e. The third-order valence-electron chi connectivity index (χ3n) is 6.03. The zero-order valence-electron chi connectivity index (χ0n) is 19.8. The van der Waals surface area contributed by atoms with Crippen LogP contribution in [0.5, 0.6) is 0 Å². The minimum atomic E-state index is -4.94. The Kier molecular flexibility index (Phi) is 7.10. The van der Waals surface area contributed by atoms with Gasteiger partial charge < -0.3 is 19.9 Å². The third-order valence-corrected chi connectivity index (χ3v) is 6.29. The highest BCUT2D eigenvalue weighted by atomic mass is 35.5. The number of imidazole rings is 1. The molecule has 14 heteroatoms. The number of aromatic nitrogens is 4. The molecule has 5 rings (SSSR count). The standard InChI is InChI=1S/C25H19ClF3N5O5/c26-19-17-20(33-24(30)32-19)34(12-31-17)21-16(25(27,28)29)18(39-23(36)14-9-5-2-6-10-14)15(38-21)11-37-22(35)13-7-3-1-4-8-13/h1-10,12,15-16,18,21H,11H2,(H2,30,32,33)/t15-,16-,18-,21+/m1/s1. The van der Waals surface area contributed by atoms with E-state index < -0.39 is 49.1 Å². The van der Waals surface area contributed by atoms with Crippen molar-refractivity contribution in [1.82, 2.24) is 19.5 Å². The van der Waals surface area contributed by atoms with Crippen LogP contribution in [0.4, 0.5) is 19.1 Å². The second-order valence-corrected chi connectivity index (χ2v) is 8.89. The molecule has 3 heterocycles. The molecular formula is C25H19ClF3N5O5. The summed E-state index contributed by atoms with van der Waals surface area (Å²) < 4.78 is 61.2. The number of fused-ring (bicyclic) bond motifs is 1. The molecule has 39 heavy (non-hydrogen) atoms. The number of halogens is 4. The van der Waals surface area contributed by atoms with Crippen LogP contribution in [0, 0.1) is 5.92 Å². The Bertz CT molecular complexity index is 1500. The number of hydrogen-bond acceptors (Lipinski definition) is 9. The number of nitrogens with two attached hydrogens (primary N) is 1. The second kappa shape index (κ2) is 10.5.